The number of carbonyl (C=O) groups excluding carboxylic acids is 2. The van der Waals surface area contributed by atoms with Gasteiger partial charge in [-0.3, -0.25) is 9.59 Å². The Morgan fingerprint density at radius 2 is 1.95 bits per heavy atom. The van der Waals surface area contributed by atoms with E-state index >= 15 is 0 Å². The van der Waals surface area contributed by atoms with E-state index in [0.717, 1.165) is 12.8 Å². The predicted molar refractivity (Wildman–Crippen MR) is 85.6 cm³/mol. The molecule has 1 aromatic carbocycles. The molecule has 5 heteroatoms. The van der Waals surface area contributed by atoms with E-state index in [9.17, 15) is 14.7 Å². The van der Waals surface area contributed by atoms with Crippen LogP contribution in [0.2, 0.25) is 0 Å². The van der Waals surface area contributed by atoms with Gasteiger partial charge in [0.25, 0.3) is 5.91 Å². The van der Waals surface area contributed by atoms with E-state index in [0.29, 0.717) is 30.6 Å². The van der Waals surface area contributed by atoms with Crippen LogP contribution in [0, 0.1) is 0 Å². The number of aliphatic hydroxyl groups is 1. The van der Waals surface area contributed by atoms with Crippen molar-refractivity contribution in [3.05, 3.63) is 42.5 Å². The Labute approximate surface area is 130 Å². The fourth-order valence-corrected chi connectivity index (χ4v) is 2.75. The third-order valence-electron chi connectivity index (χ3n) is 3.88. The third-order valence-corrected chi connectivity index (χ3v) is 3.88. The predicted octanol–water partition coefficient (Wildman–Crippen LogP) is 2.24. The lowest BCUT2D eigenvalue weighted by Crippen LogP contribution is -2.31. The first-order valence-electron chi connectivity index (χ1n) is 7.54. The molecule has 22 heavy (non-hydrogen) atoms. The molecule has 0 aromatic heterocycles. The molecule has 1 aliphatic rings. The summed E-state index contributed by atoms with van der Waals surface area (Å²) in [4.78, 5) is 24.2. The molecule has 3 N–H and O–H groups in total. The summed E-state index contributed by atoms with van der Waals surface area (Å²) in [5.74, 6) is -0.538. The first kappa shape index (κ1) is 16.2. The number of amides is 2. The molecule has 0 aliphatic heterocycles. The second kappa shape index (κ2) is 7.22. The van der Waals surface area contributed by atoms with Crippen molar-refractivity contribution >= 4 is 17.5 Å². The van der Waals surface area contributed by atoms with Gasteiger partial charge in [-0.25, -0.2) is 0 Å². The van der Waals surface area contributed by atoms with Crippen LogP contribution < -0.4 is 10.6 Å². The fourth-order valence-electron chi connectivity index (χ4n) is 2.75. The normalized spacial score (nSPS) is 16.0. The van der Waals surface area contributed by atoms with E-state index < -0.39 is 5.60 Å². The van der Waals surface area contributed by atoms with Gasteiger partial charge in [-0.05, 0) is 25.0 Å². The molecule has 2 rings (SSSR count). The van der Waals surface area contributed by atoms with Crippen LogP contribution in [0.4, 0.5) is 5.69 Å². The number of hydrogen-bond donors (Lipinski definition) is 3. The van der Waals surface area contributed by atoms with Crippen LogP contribution in [0.1, 0.15) is 42.5 Å². The highest BCUT2D eigenvalue weighted by molar-refractivity contribution is 6.03. The van der Waals surface area contributed by atoms with Crippen molar-refractivity contribution < 1.29 is 14.7 Å². The Morgan fingerprint density at radius 1 is 1.27 bits per heavy atom. The summed E-state index contributed by atoms with van der Waals surface area (Å²) >= 11 is 0. The lowest BCUT2D eigenvalue weighted by Gasteiger charge is -2.21. The fraction of sp³-hybridized carbons (Fsp3) is 0.412. The second-order valence-electron chi connectivity index (χ2n) is 5.70. The summed E-state index contributed by atoms with van der Waals surface area (Å²) in [6.45, 7) is 3.91. The van der Waals surface area contributed by atoms with E-state index in [1.54, 1.807) is 30.3 Å². The molecule has 1 aliphatic carbocycles. The number of benzene rings is 1. The van der Waals surface area contributed by atoms with E-state index in [1.807, 2.05) is 0 Å². The van der Waals surface area contributed by atoms with Gasteiger partial charge in [-0.2, -0.15) is 0 Å². The van der Waals surface area contributed by atoms with Crippen LogP contribution in [-0.2, 0) is 4.79 Å². The Balaban J connectivity index is 2.04. The van der Waals surface area contributed by atoms with Gasteiger partial charge in [-0.1, -0.05) is 31.1 Å². The average molecular weight is 302 g/mol. The molecule has 0 saturated heterocycles. The quantitative estimate of drug-likeness (QED) is 0.705. The van der Waals surface area contributed by atoms with Gasteiger partial charge in [0.15, 0.2) is 0 Å². The molecular formula is C17H22N2O3. The third kappa shape index (κ3) is 4.18. The zero-order valence-corrected chi connectivity index (χ0v) is 12.6. The number of para-hydroxylation sites is 1. The number of rotatable bonds is 6. The van der Waals surface area contributed by atoms with Crippen molar-refractivity contribution in [3.8, 4) is 0 Å². The molecule has 1 aromatic rings. The first-order chi connectivity index (χ1) is 10.5. The first-order valence-corrected chi connectivity index (χ1v) is 7.54. The minimum Gasteiger partial charge on any atom is -0.389 e. The Bertz CT molecular complexity index is 563. The zero-order valence-electron chi connectivity index (χ0n) is 12.6. The van der Waals surface area contributed by atoms with Crippen LogP contribution in [0.25, 0.3) is 0 Å². The molecule has 118 valence electrons. The van der Waals surface area contributed by atoms with Gasteiger partial charge in [0.05, 0.1) is 23.3 Å². The van der Waals surface area contributed by atoms with E-state index in [4.69, 9.17) is 0 Å². The van der Waals surface area contributed by atoms with Crippen molar-refractivity contribution in [1.82, 2.24) is 5.32 Å². The van der Waals surface area contributed by atoms with Crippen molar-refractivity contribution in [1.29, 1.82) is 0 Å². The SMILES string of the molecule is C=CCNC(=O)c1ccccc1NC(=O)CC1(O)CCCC1. The summed E-state index contributed by atoms with van der Waals surface area (Å²) in [5, 5.41) is 15.7. The van der Waals surface area contributed by atoms with Crippen molar-refractivity contribution in [2.45, 2.75) is 37.7 Å². The van der Waals surface area contributed by atoms with E-state index in [-0.39, 0.29) is 18.2 Å². The maximum atomic E-state index is 12.1. The summed E-state index contributed by atoms with van der Waals surface area (Å²) in [6, 6.07) is 6.82. The van der Waals surface area contributed by atoms with Gasteiger partial charge in [-0.15, -0.1) is 6.58 Å². The average Bonchev–Trinajstić information content (AvgIpc) is 2.91. The van der Waals surface area contributed by atoms with Gasteiger partial charge < -0.3 is 15.7 Å². The minimum absolute atomic E-state index is 0.0651. The summed E-state index contributed by atoms with van der Waals surface area (Å²) in [5.41, 5.74) is -0.0452. The smallest absolute Gasteiger partial charge is 0.253 e. The summed E-state index contributed by atoms with van der Waals surface area (Å²) in [7, 11) is 0. The largest absolute Gasteiger partial charge is 0.389 e. The maximum Gasteiger partial charge on any atom is 0.253 e. The molecule has 0 bridgehead atoms. The molecular weight excluding hydrogens is 280 g/mol. The lowest BCUT2D eigenvalue weighted by molar-refractivity contribution is -0.120. The van der Waals surface area contributed by atoms with E-state index in [2.05, 4.69) is 17.2 Å². The van der Waals surface area contributed by atoms with E-state index in [1.165, 1.54) is 0 Å². The summed E-state index contributed by atoms with van der Waals surface area (Å²) < 4.78 is 0. The molecule has 0 atom stereocenters. The number of hydrogen-bond acceptors (Lipinski definition) is 3. The van der Waals surface area contributed by atoms with Gasteiger partial charge in [0, 0.05) is 6.54 Å². The standard InChI is InChI=1S/C17H22N2O3/c1-2-11-18-16(21)13-7-3-4-8-14(13)19-15(20)12-17(22)9-5-6-10-17/h2-4,7-8,22H,1,5-6,9-12H2,(H,18,21)(H,19,20). The topological polar surface area (TPSA) is 78.4 Å². The van der Waals surface area contributed by atoms with Crippen LogP contribution in [-0.4, -0.2) is 29.1 Å². The molecule has 0 radical (unpaired) electrons. The molecule has 0 heterocycles. The number of anilines is 1. The number of nitrogens with one attached hydrogen (secondary N) is 2. The highest BCUT2D eigenvalue weighted by Gasteiger charge is 2.33. The van der Waals surface area contributed by atoms with Crippen LogP contribution >= 0.6 is 0 Å². The van der Waals surface area contributed by atoms with Gasteiger partial charge in [0.1, 0.15) is 0 Å². The Morgan fingerprint density at radius 3 is 2.64 bits per heavy atom. The zero-order chi connectivity index (χ0) is 16.0. The van der Waals surface area contributed by atoms with Crippen LogP contribution in [0.3, 0.4) is 0 Å². The second-order valence-corrected chi connectivity index (χ2v) is 5.70. The Hall–Kier alpha value is -2.14. The molecule has 2 amide bonds. The molecule has 1 saturated carbocycles. The molecule has 0 unspecified atom stereocenters. The molecule has 1 fully saturated rings. The van der Waals surface area contributed by atoms with Crippen LogP contribution in [0.15, 0.2) is 36.9 Å². The van der Waals surface area contributed by atoms with Crippen molar-refractivity contribution in [2.75, 3.05) is 11.9 Å². The van der Waals surface area contributed by atoms with Crippen molar-refractivity contribution in [2.24, 2.45) is 0 Å². The van der Waals surface area contributed by atoms with Gasteiger partial charge >= 0.3 is 0 Å². The minimum atomic E-state index is -0.899. The number of carbonyl (C=O) groups is 2. The monoisotopic (exact) mass is 302 g/mol. The lowest BCUT2D eigenvalue weighted by atomic mass is 9.97. The Kier molecular flexibility index (Phi) is 5.33. The summed E-state index contributed by atoms with van der Waals surface area (Å²) in [6.07, 6.45) is 4.86. The highest BCUT2D eigenvalue weighted by atomic mass is 16.3. The molecule has 0 spiro atoms. The molecule has 5 nitrogen and oxygen atoms in total. The van der Waals surface area contributed by atoms with Crippen molar-refractivity contribution in [3.63, 3.8) is 0 Å². The van der Waals surface area contributed by atoms with Crippen LogP contribution in [0.5, 0.6) is 0 Å². The van der Waals surface area contributed by atoms with Gasteiger partial charge in [0.2, 0.25) is 5.91 Å². The maximum absolute atomic E-state index is 12.1. The highest BCUT2D eigenvalue weighted by Crippen LogP contribution is 2.32.